The first-order valence-electron chi connectivity index (χ1n) is 9.16. The Hall–Kier alpha value is -2.66. The highest BCUT2D eigenvalue weighted by Crippen LogP contribution is 2.24. The third kappa shape index (κ3) is 5.66. The average Bonchev–Trinajstić information content (AvgIpc) is 3.14. The molecule has 0 saturated heterocycles. The maximum absolute atomic E-state index is 12.2. The number of anilines is 1. The van der Waals surface area contributed by atoms with Gasteiger partial charge in [-0.2, -0.15) is 0 Å². The predicted molar refractivity (Wildman–Crippen MR) is 113 cm³/mol. The van der Waals surface area contributed by atoms with E-state index in [1.54, 1.807) is 11.3 Å². The van der Waals surface area contributed by atoms with Gasteiger partial charge in [-0.25, -0.2) is 4.98 Å². The molecule has 1 heterocycles. The molecule has 5 heteroatoms. The maximum atomic E-state index is 12.2. The summed E-state index contributed by atoms with van der Waals surface area (Å²) in [7, 11) is 2.07. The zero-order valence-electron chi connectivity index (χ0n) is 15.8. The first-order valence-corrected chi connectivity index (χ1v) is 10.0. The van der Waals surface area contributed by atoms with Gasteiger partial charge in [-0.3, -0.25) is 4.79 Å². The lowest BCUT2D eigenvalue weighted by molar-refractivity contribution is -0.120. The summed E-state index contributed by atoms with van der Waals surface area (Å²) < 4.78 is 0. The van der Waals surface area contributed by atoms with Gasteiger partial charge in [-0.1, -0.05) is 42.0 Å². The zero-order chi connectivity index (χ0) is 19.1. The van der Waals surface area contributed by atoms with E-state index in [9.17, 15) is 4.79 Å². The number of aromatic nitrogens is 1. The van der Waals surface area contributed by atoms with Crippen LogP contribution >= 0.6 is 11.3 Å². The number of para-hydroxylation sites is 1. The van der Waals surface area contributed by atoms with Crippen LogP contribution in [0.3, 0.4) is 0 Å². The van der Waals surface area contributed by atoms with E-state index in [2.05, 4.69) is 59.5 Å². The van der Waals surface area contributed by atoms with Gasteiger partial charge in [0, 0.05) is 36.8 Å². The lowest BCUT2D eigenvalue weighted by Gasteiger charge is -2.19. The van der Waals surface area contributed by atoms with Crippen molar-refractivity contribution in [3.63, 3.8) is 0 Å². The van der Waals surface area contributed by atoms with Crippen LogP contribution in [0, 0.1) is 6.92 Å². The van der Waals surface area contributed by atoms with Crippen molar-refractivity contribution in [1.82, 2.24) is 10.3 Å². The molecule has 0 aliphatic rings. The number of nitrogens with zero attached hydrogens (tertiary/aromatic N) is 2. The Bertz CT molecular complexity index is 876. The van der Waals surface area contributed by atoms with E-state index in [-0.39, 0.29) is 5.91 Å². The van der Waals surface area contributed by atoms with Gasteiger partial charge in [0.2, 0.25) is 5.91 Å². The highest BCUT2D eigenvalue weighted by molar-refractivity contribution is 7.13. The van der Waals surface area contributed by atoms with Gasteiger partial charge in [0.15, 0.2) is 0 Å². The maximum Gasteiger partial charge on any atom is 0.226 e. The minimum Gasteiger partial charge on any atom is -0.375 e. The van der Waals surface area contributed by atoms with Crippen molar-refractivity contribution in [2.75, 3.05) is 25.0 Å². The van der Waals surface area contributed by atoms with Crippen molar-refractivity contribution in [2.24, 2.45) is 0 Å². The molecule has 1 aromatic heterocycles. The standard InChI is InChI=1S/C22H25N3OS/c1-17-8-6-9-18(14-17)22-24-19(16-27-22)15-21(26)23-12-7-13-25(2)20-10-4-3-5-11-20/h3-6,8-11,14,16H,7,12-13,15H2,1-2H3,(H,23,26). The van der Waals surface area contributed by atoms with Crippen LogP contribution in [0.4, 0.5) is 5.69 Å². The fourth-order valence-electron chi connectivity index (χ4n) is 2.88. The Kier molecular flexibility index (Phi) is 6.60. The van der Waals surface area contributed by atoms with E-state index in [0.717, 1.165) is 29.2 Å². The Morgan fingerprint density at radius 3 is 2.74 bits per heavy atom. The number of hydrogen-bond donors (Lipinski definition) is 1. The molecular formula is C22H25N3OS. The molecule has 0 radical (unpaired) electrons. The van der Waals surface area contributed by atoms with Crippen molar-refractivity contribution in [2.45, 2.75) is 19.8 Å². The second-order valence-corrected chi connectivity index (χ2v) is 7.51. The van der Waals surface area contributed by atoms with Crippen LogP contribution in [-0.2, 0) is 11.2 Å². The molecule has 3 rings (SSSR count). The summed E-state index contributed by atoms with van der Waals surface area (Å²) in [5, 5.41) is 5.93. The van der Waals surface area contributed by atoms with Gasteiger partial charge < -0.3 is 10.2 Å². The van der Waals surface area contributed by atoms with Crippen molar-refractivity contribution >= 4 is 22.9 Å². The van der Waals surface area contributed by atoms with Crippen LogP contribution < -0.4 is 10.2 Å². The summed E-state index contributed by atoms with van der Waals surface area (Å²) in [5.41, 5.74) is 4.34. The molecule has 2 aromatic carbocycles. The number of carbonyl (C=O) groups excluding carboxylic acids is 1. The van der Waals surface area contributed by atoms with Crippen LogP contribution in [0.15, 0.2) is 60.0 Å². The first-order chi connectivity index (χ1) is 13.1. The number of nitrogens with one attached hydrogen (secondary N) is 1. The molecule has 0 fully saturated rings. The summed E-state index contributed by atoms with van der Waals surface area (Å²) in [6.45, 7) is 3.64. The molecule has 27 heavy (non-hydrogen) atoms. The Labute approximate surface area is 164 Å². The summed E-state index contributed by atoms with van der Waals surface area (Å²) >= 11 is 1.59. The first kappa shape index (κ1) is 19.1. The molecule has 0 saturated carbocycles. The number of thiazole rings is 1. The molecular weight excluding hydrogens is 354 g/mol. The van der Waals surface area contributed by atoms with Gasteiger partial charge >= 0.3 is 0 Å². The quantitative estimate of drug-likeness (QED) is 0.594. The van der Waals surface area contributed by atoms with E-state index < -0.39 is 0 Å². The van der Waals surface area contributed by atoms with Crippen molar-refractivity contribution < 1.29 is 4.79 Å². The number of carbonyl (C=O) groups is 1. The van der Waals surface area contributed by atoms with Gasteiger partial charge in [0.25, 0.3) is 0 Å². The molecule has 0 spiro atoms. The van der Waals surface area contributed by atoms with E-state index in [1.165, 1.54) is 11.3 Å². The summed E-state index contributed by atoms with van der Waals surface area (Å²) in [6, 6.07) is 18.5. The van der Waals surface area contributed by atoms with Crippen LogP contribution in [0.5, 0.6) is 0 Å². The minimum atomic E-state index is 0.0263. The molecule has 140 valence electrons. The largest absolute Gasteiger partial charge is 0.375 e. The highest BCUT2D eigenvalue weighted by atomic mass is 32.1. The molecule has 1 amide bonds. The van der Waals surface area contributed by atoms with E-state index in [1.807, 2.05) is 29.6 Å². The van der Waals surface area contributed by atoms with Crippen molar-refractivity contribution in [3.8, 4) is 10.6 Å². The van der Waals surface area contributed by atoms with E-state index in [4.69, 9.17) is 0 Å². The minimum absolute atomic E-state index is 0.0263. The van der Waals surface area contributed by atoms with Gasteiger partial charge in [-0.05, 0) is 31.5 Å². The molecule has 0 unspecified atom stereocenters. The fourth-order valence-corrected chi connectivity index (χ4v) is 3.70. The molecule has 4 nitrogen and oxygen atoms in total. The lowest BCUT2D eigenvalue weighted by Crippen LogP contribution is -2.29. The zero-order valence-corrected chi connectivity index (χ0v) is 16.6. The summed E-state index contributed by atoms with van der Waals surface area (Å²) in [6.07, 6.45) is 1.24. The number of rotatable bonds is 8. The number of aryl methyl sites for hydroxylation is 1. The highest BCUT2D eigenvalue weighted by Gasteiger charge is 2.09. The van der Waals surface area contributed by atoms with Crippen LogP contribution in [0.1, 0.15) is 17.7 Å². The van der Waals surface area contributed by atoms with Crippen LogP contribution in [0.2, 0.25) is 0 Å². The Morgan fingerprint density at radius 1 is 1.15 bits per heavy atom. The molecule has 1 N–H and O–H groups in total. The monoisotopic (exact) mass is 379 g/mol. The second-order valence-electron chi connectivity index (χ2n) is 6.65. The average molecular weight is 380 g/mol. The van der Waals surface area contributed by atoms with Crippen molar-refractivity contribution in [3.05, 3.63) is 71.2 Å². The third-order valence-electron chi connectivity index (χ3n) is 4.35. The van der Waals surface area contributed by atoms with E-state index in [0.29, 0.717) is 13.0 Å². The van der Waals surface area contributed by atoms with Crippen LogP contribution in [0.25, 0.3) is 10.6 Å². The van der Waals surface area contributed by atoms with E-state index >= 15 is 0 Å². The number of benzene rings is 2. The normalized spacial score (nSPS) is 10.6. The smallest absolute Gasteiger partial charge is 0.226 e. The van der Waals surface area contributed by atoms with Crippen LogP contribution in [-0.4, -0.2) is 31.0 Å². The number of amides is 1. The Morgan fingerprint density at radius 2 is 1.96 bits per heavy atom. The predicted octanol–water partition coefficient (Wildman–Crippen LogP) is 4.30. The van der Waals surface area contributed by atoms with Gasteiger partial charge in [0.05, 0.1) is 12.1 Å². The topological polar surface area (TPSA) is 45.2 Å². The summed E-state index contributed by atoms with van der Waals surface area (Å²) in [5.74, 6) is 0.0263. The van der Waals surface area contributed by atoms with Crippen molar-refractivity contribution in [1.29, 1.82) is 0 Å². The molecule has 0 aliphatic heterocycles. The third-order valence-corrected chi connectivity index (χ3v) is 5.29. The Balaban J connectivity index is 1.42. The SMILES string of the molecule is Cc1cccc(-c2nc(CC(=O)NCCCN(C)c3ccccc3)cs2)c1. The van der Waals surface area contributed by atoms with Gasteiger partial charge in [-0.15, -0.1) is 11.3 Å². The molecule has 3 aromatic rings. The summed E-state index contributed by atoms with van der Waals surface area (Å²) in [4.78, 5) is 19.0. The second kappa shape index (κ2) is 9.33. The number of hydrogen-bond acceptors (Lipinski definition) is 4. The molecule has 0 bridgehead atoms. The molecule has 0 aliphatic carbocycles. The fraction of sp³-hybridized carbons (Fsp3) is 0.273. The molecule has 0 atom stereocenters. The lowest BCUT2D eigenvalue weighted by atomic mass is 10.1. The van der Waals surface area contributed by atoms with Gasteiger partial charge in [0.1, 0.15) is 5.01 Å².